The molecule has 1 aromatic rings. The van der Waals surface area contributed by atoms with Crippen molar-refractivity contribution in [3.05, 3.63) is 29.3 Å². The lowest BCUT2D eigenvalue weighted by Crippen LogP contribution is -2.41. The van der Waals surface area contributed by atoms with Crippen molar-refractivity contribution in [2.24, 2.45) is 5.92 Å². The van der Waals surface area contributed by atoms with Crippen LogP contribution in [0, 0.1) is 5.92 Å². The second-order valence-electron chi connectivity index (χ2n) is 5.16. The minimum atomic E-state index is -0.931. The summed E-state index contributed by atoms with van der Waals surface area (Å²) in [7, 11) is 1.82. The van der Waals surface area contributed by atoms with Gasteiger partial charge in [0.05, 0.1) is 5.56 Å². The zero-order valence-electron chi connectivity index (χ0n) is 11.8. The Hall–Kier alpha value is -1.88. The van der Waals surface area contributed by atoms with E-state index in [1.807, 2.05) is 20.0 Å². The molecule has 0 bridgehead atoms. The standard InChI is InChI=1S/C15H20N2O3/c1-10(9-16-2)14(18)17-8-4-6-11-12(15(19)20)5-3-7-13(11)17/h3,5,7,10,16H,4,6,8-9H2,1-2H3,(H,19,20). The first-order chi connectivity index (χ1) is 9.56. The molecule has 1 atom stereocenters. The van der Waals surface area contributed by atoms with Gasteiger partial charge < -0.3 is 15.3 Å². The Kier molecular flexibility index (Phi) is 4.39. The minimum Gasteiger partial charge on any atom is -0.478 e. The van der Waals surface area contributed by atoms with Crippen LogP contribution < -0.4 is 10.2 Å². The molecule has 0 radical (unpaired) electrons. The van der Waals surface area contributed by atoms with Gasteiger partial charge in [-0.25, -0.2) is 4.79 Å². The number of carbonyl (C=O) groups excluding carboxylic acids is 1. The molecule has 1 aromatic carbocycles. The number of benzene rings is 1. The van der Waals surface area contributed by atoms with Gasteiger partial charge in [0.25, 0.3) is 0 Å². The van der Waals surface area contributed by atoms with Gasteiger partial charge in [-0.3, -0.25) is 4.79 Å². The van der Waals surface area contributed by atoms with Crippen molar-refractivity contribution in [1.82, 2.24) is 5.32 Å². The van der Waals surface area contributed by atoms with Crippen LogP contribution in [0.4, 0.5) is 5.69 Å². The third-order valence-electron chi connectivity index (χ3n) is 3.68. The van der Waals surface area contributed by atoms with Gasteiger partial charge in [-0.2, -0.15) is 0 Å². The number of carboxylic acid groups (broad SMARTS) is 1. The Morgan fingerprint density at radius 3 is 2.85 bits per heavy atom. The highest BCUT2D eigenvalue weighted by atomic mass is 16.4. The van der Waals surface area contributed by atoms with Crippen LogP contribution in [-0.2, 0) is 11.2 Å². The molecule has 0 fully saturated rings. The molecular formula is C15H20N2O3. The molecule has 0 saturated carbocycles. The molecule has 0 spiro atoms. The third-order valence-corrected chi connectivity index (χ3v) is 3.68. The van der Waals surface area contributed by atoms with Crippen LogP contribution in [0.2, 0.25) is 0 Å². The van der Waals surface area contributed by atoms with E-state index in [4.69, 9.17) is 0 Å². The molecule has 1 aliphatic heterocycles. The predicted octanol–water partition coefficient (Wildman–Crippen LogP) is 1.52. The zero-order chi connectivity index (χ0) is 14.7. The Morgan fingerprint density at radius 1 is 1.45 bits per heavy atom. The zero-order valence-corrected chi connectivity index (χ0v) is 11.8. The van der Waals surface area contributed by atoms with Gasteiger partial charge in [0, 0.05) is 24.7 Å². The summed E-state index contributed by atoms with van der Waals surface area (Å²) in [5.41, 5.74) is 1.83. The number of hydrogen-bond acceptors (Lipinski definition) is 3. The molecule has 0 aliphatic carbocycles. The van der Waals surface area contributed by atoms with Gasteiger partial charge in [0.2, 0.25) is 5.91 Å². The van der Waals surface area contributed by atoms with Crippen LogP contribution in [0.1, 0.15) is 29.3 Å². The summed E-state index contributed by atoms with van der Waals surface area (Å²) in [5.74, 6) is -1.01. The molecule has 1 amide bonds. The maximum atomic E-state index is 12.5. The quantitative estimate of drug-likeness (QED) is 0.875. The molecule has 5 nitrogen and oxygen atoms in total. The van der Waals surface area contributed by atoms with Crippen molar-refractivity contribution in [2.45, 2.75) is 19.8 Å². The normalized spacial score (nSPS) is 15.6. The van der Waals surface area contributed by atoms with Gasteiger partial charge in [-0.15, -0.1) is 0 Å². The van der Waals surface area contributed by atoms with Crippen molar-refractivity contribution in [3.63, 3.8) is 0 Å². The number of rotatable bonds is 4. The number of carbonyl (C=O) groups is 2. The molecule has 1 aliphatic rings. The Labute approximate surface area is 118 Å². The number of aromatic carboxylic acids is 1. The lowest BCUT2D eigenvalue weighted by atomic mass is 9.95. The van der Waals surface area contributed by atoms with E-state index in [1.54, 1.807) is 17.0 Å². The molecule has 2 N–H and O–H groups in total. The van der Waals surface area contributed by atoms with Crippen molar-refractivity contribution < 1.29 is 14.7 Å². The van der Waals surface area contributed by atoms with E-state index >= 15 is 0 Å². The Morgan fingerprint density at radius 2 is 2.20 bits per heavy atom. The van der Waals surface area contributed by atoms with Gasteiger partial charge in [-0.05, 0) is 37.6 Å². The summed E-state index contributed by atoms with van der Waals surface area (Å²) in [6.45, 7) is 3.15. The fourth-order valence-corrected chi connectivity index (χ4v) is 2.71. The summed E-state index contributed by atoms with van der Waals surface area (Å²) in [6.07, 6.45) is 1.51. The average Bonchev–Trinajstić information content (AvgIpc) is 2.45. The molecule has 0 aromatic heterocycles. The summed E-state index contributed by atoms with van der Waals surface area (Å²) >= 11 is 0. The number of carboxylic acids is 1. The van der Waals surface area contributed by atoms with E-state index in [0.29, 0.717) is 25.1 Å². The summed E-state index contributed by atoms with van der Waals surface area (Å²) in [5, 5.41) is 12.2. The molecule has 0 saturated heterocycles. The minimum absolute atomic E-state index is 0.0443. The monoisotopic (exact) mass is 276 g/mol. The highest BCUT2D eigenvalue weighted by Gasteiger charge is 2.28. The Bertz CT molecular complexity index is 528. The first-order valence-electron chi connectivity index (χ1n) is 6.87. The van der Waals surface area contributed by atoms with Gasteiger partial charge >= 0.3 is 5.97 Å². The van der Waals surface area contributed by atoms with E-state index in [9.17, 15) is 14.7 Å². The fraction of sp³-hybridized carbons (Fsp3) is 0.467. The van der Waals surface area contributed by atoms with Crippen molar-refractivity contribution in [1.29, 1.82) is 0 Å². The molecular weight excluding hydrogens is 256 g/mol. The van der Waals surface area contributed by atoms with E-state index in [-0.39, 0.29) is 11.8 Å². The van der Waals surface area contributed by atoms with Crippen LogP contribution in [-0.4, -0.2) is 37.1 Å². The number of fused-ring (bicyclic) bond motifs is 1. The SMILES string of the molecule is CNCC(C)C(=O)N1CCCc2c(C(=O)O)cccc21. The lowest BCUT2D eigenvalue weighted by Gasteiger charge is -2.32. The van der Waals surface area contributed by atoms with Crippen LogP contribution >= 0.6 is 0 Å². The highest BCUT2D eigenvalue weighted by Crippen LogP contribution is 2.30. The third kappa shape index (κ3) is 2.67. The molecule has 20 heavy (non-hydrogen) atoms. The lowest BCUT2D eigenvalue weighted by molar-refractivity contribution is -0.121. The largest absolute Gasteiger partial charge is 0.478 e. The van der Waals surface area contributed by atoms with Crippen LogP contribution in [0.3, 0.4) is 0 Å². The number of nitrogens with zero attached hydrogens (tertiary/aromatic N) is 1. The molecule has 1 heterocycles. The van der Waals surface area contributed by atoms with Gasteiger partial charge in [0.1, 0.15) is 0 Å². The van der Waals surface area contributed by atoms with Crippen LogP contribution in [0.15, 0.2) is 18.2 Å². The summed E-state index contributed by atoms with van der Waals surface area (Å²) in [4.78, 5) is 25.5. The first kappa shape index (κ1) is 14.5. The second kappa shape index (κ2) is 6.05. The second-order valence-corrected chi connectivity index (χ2v) is 5.16. The number of nitrogens with one attached hydrogen (secondary N) is 1. The van der Waals surface area contributed by atoms with E-state index in [1.165, 1.54) is 0 Å². The van der Waals surface area contributed by atoms with Crippen molar-refractivity contribution in [2.75, 3.05) is 25.0 Å². The summed E-state index contributed by atoms with van der Waals surface area (Å²) < 4.78 is 0. The van der Waals surface area contributed by atoms with E-state index < -0.39 is 5.97 Å². The first-order valence-corrected chi connectivity index (χ1v) is 6.87. The van der Waals surface area contributed by atoms with Gasteiger partial charge in [0.15, 0.2) is 0 Å². The van der Waals surface area contributed by atoms with E-state index in [0.717, 1.165) is 17.7 Å². The predicted molar refractivity (Wildman–Crippen MR) is 77.2 cm³/mol. The highest BCUT2D eigenvalue weighted by molar-refractivity contribution is 5.99. The van der Waals surface area contributed by atoms with Gasteiger partial charge in [-0.1, -0.05) is 13.0 Å². The fourth-order valence-electron chi connectivity index (χ4n) is 2.71. The van der Waals surface area contributed by atoms with Crippen LogP contribution in [0.25, 0.3) is 0 Å². The number of anilines is 1. The van der Waals surface area contributed by atoms with Crippen molar-refractivity contribution in [3.8, 4) is 0 Å². The molecule has 2 rings (SSSR count). The number of amides is 1. The summed E-state index contributed by atoms with van der Waals surface area (Å²) in [6, 6.07) is 5.15. The number of hydrogen-bond donors (Lipinski definition) is 2. The smallest absolute Gasteiger partial charge is 0.336 e. The topological polar surface area (TPSA) is 69.6 Å². The maximum Gasteiger partial charge on any atom is 0.336 e. The van der Waals surface area contributed by atoms with Crippen molar-refractivity contribution >= 4 is 17.6 Å². The maximum absolute atomic E-state index is 12.5. The molecule has 108 valence electrons. The Balaban J connectivity index is 2.36. The molecule has 1 unspecified atom stereocenters. The molecule has 5 heteroatoms. The average molecular weight is 276 g/mol. The van der Waals surface area contributed by atoms with Crippen LogP contribution in [0.5, 0.6) is 0 Å². The van der Waals surface area contributed by atoms with E-state index in [2.05, 4.69) is 5.32 Å².